The number of ether oxygens (including phenoxy) is 1. The lowest BCUT2D eigenvalue weighted by Gasteiger charge is -2.36. The van der Waals surface area contributed by atoms with Gasteiger partial charge in [-0.15, -0.1) is 0 Å². The Morgan fingerprint density at radius 3 is 2.48 bits per heavy atom. The van der Waals surface area contributed by atoms with Crippen molar-refractivity contribution in [2.75, 3.05) is 42.9 Å². The van der Waals surface area contributed by atoms with Gasteiger partial charge in [0.05, 0.1) is 41.2 Å². The Morgan fingerprint density at radius 1 is 0.984 bits per heavy atom. The maximum atomic E-state index is 14.3. The number of benzene rings is 1. The predicted octanol–water partition coefficient (Wildman–Crippen LogP) is 5.83. The van der Waals surface area contributed by atoms with E-state index in [0.717, 1.165) is 94.0 Å². The van der Waals surface area contributed by atoms with Crippen LogP contribution in [0.3, 0.4) is 0 Å². The molecule has 5 aromatic rings. The van der Waals surface area contributed by atoms with Gasteiger partial charge in [0.2, 0.25) is 11.8 Å². The van der Waals surface area contributed by atoms with Crippen molar-refractivity contribution in [3.63, 3.8) is 0 Å². The molecule has 1 unspecified atom stereocenters. The highest BCUT2D eigenvalue weighted by atomic mass is 19.3. The number of aryl methyl sites for hydroxylation is 2. The highest BCUT2D eigenvalue weighted by molar-refractivity contribution is 6.08. The molecule has 4 aliphatic rings. The number of morpholine rings is 1. The standard InChI is InChI=1S/C45H57F2N11O5/c1-27-23-55(24-28(2)63-27)37-18-21-56-42(50-37)33(22-48-56)43(60)49-34-26-57(52-39(34)41(46)47)32-12-10-30(11-13-32)25-54-19-16-29(17-20-54)6-4-7-31-8-5-9-35-40(31)53(3)45(62)58(35)36-14-15-38(59)51-44(36)61/h5,8-9,18,21-22,26-30,32,36,41H,4,6-7,10-17,19-20,23-25H2,1-3H3,(H,49,60)(H,51,59,61)/t27-,28+,30?,32?,36?. The minimum atomic E-state index is -2.86. The van der Waals surface area contributed by atoms with E-state index in [-0.39, 0.29) is 47.5 Å². The summed E-state index contributed by atoms with van der Waals surface area (Å²) in [6.07, 6.45) is 11.3. The normalized spacial score (nSPS) is 24.2. The van der Waals surface area contributed by atoms with E-state index < -0.39 is 30.0 Å². The zero-order valence-corrected chi connectivity index (χ0v) is 36.2. The van der Waals surface area contributed by atoms with Gasteiger partial charge in [0.25, 0.3) is 12.3 Å². The lowest BCUT2D eigenvalue weighted by Crippen LogP contribution is -2.45. The third-order valence-electron chi connectivity index (χ3n) is 13.7. The van der Waals surface area contributed by atoms with E-state index in [9.17, 15) is 28.0 Å². The number of piperidine rings is 2. The van der Waals surface area contributed by atoms with Crippen LogP contribution >= 0.6 is 0 Å². The second kappa shape index (κ2) is 17.9. The van der Waals surface area contributed by atoms with E-state index in [1.54, 1.807) is 33.3 Å². The summed E-state index contributed by atoms with van der Waals surface area (Å²) >= 11 is 0. The molecule has 16 nitrogen and oxygen atoms in total. The monoisotopic (exact) mass is 869 g/mol. The van der Waals surface area contributed by atoms with Gasteiger partial charge in [-0.1, -0.05) is 18.6 Å². The first kappa shape index (κ1) is 42.8. The van der Waals surface area contributed by atoms with Gasteiger partial charge in [-0.25, -0.2) is 23.1 Å². The Bertz CT molecular complexity index is 2540. The number of alkyl halides is 2. The topological polar surface area (TPSA) is 166 Å². The number of rotatable bonds is 12. The molecule has 336 valence electrons. The van der Waals surface area contributed by atoms with Crippen LogP contribution in [0.1, 0.15) is 118 Å². The van der Waals surface area contributed by atoms with E-state index in [1.165, 1.54) is 10.7 Å². The van der Waals surface area contributed by atoms with Crippen LogP contribution in [0, 0.1) is 11.8 Å². The molecule has 7 heterocycles. The third kappa shape index (κ3) is 8.88. The highest BCUT2D eigenvalue weighted by Crippen LogP contribution is 2.36. The van der Waals surface area contributed by atoms with Crippen molar-refractivity contribution in [3.8, 4) is 0 Å². The Kier molecular flexibility index (Phi) is 12.2. The summed E-state index contributed by atoms with van der Waals surface area (Å²) in [7, 11) is 1.75. The fourth-order valence-corrected chi connectivity index (χ4v) is 10.5. The molecule has 0 spiro atoms. The molecule has 18 heteroatoms. The largest absolute Gasteiger partial charge is 0.372 e. The van der Waals surface area contributed by atoms with Crippen LogP contribution in [0.25, 0.3) is 16.7 Å². The second-order valence-corrected chi connectivity index (χ2v) is 18.2. The maximum Gasteiger partial charge on any atom is 0.329 e. The van der Waals surface area contributed by atoms with E-state index in [1.807, 2.05) is 32.0 Å². The Hall–Kier alpha value is -5.49. The first-order valence-electron chi connectivity index (χ1n) is 22.6. The van der Waals surface area contributed by atoms with Gasteiger partial charge < -0.3 is 19.9 Å². The van der Waals surface area contributed by atoms with Gasteiger partial charge in [0, 0.05) is 45.5 Å². The molecule has 4 fully saturated rings. The molecule has 1 saturated carbocycles. The first-order valence-corrected chi connectivity index (χ1v) is 22.6. The molecule has 4 aromatic heterocycles. The average molecular weight is 870 g/mol. The summed E-state index contributed by atoms with van der Waals surface area (Å²) in [5, 5.41) is 13.7. The van der Waals surface area contributed by atoms with Crippen molar-refractivity contribution in [2.45, 2.75) is 115 Å². The molecular formula is C45H57F2N11O5. The number of imide groups is 1. The second-order valence-electron chi connectivity index (χ2n) is 18.2. The van der Waals surface area contributed by atoms with Gasteiger partial charge in [-0.3, -0.25) is 33.5 Å². The van der Waals surface area contributed by atoms with Crippen molar-refractivity contribution < 1.29 is 27.9 Å². The number of nitrogens with one attached hydrogen (secondary N) is 2. The Balaban J connectivity index is 0.750. The summed E-state index contributed by atoms with van der Waals surface area (Å²) < 4.78 is 40.8. The molecule has 3 amide bonds. The van der Waals surface area contributed by atoms with Crippen molar-refractivity contribution >= 4 is 45.9 Å². The average Bonchev–Trinajstić information content (AvgIpc) is 3.96. The van der Waals surface area contributed by atoms with Crippen LogP contribution < -0.4 is 21.2 Å². The maximum absolute atomic E-state index is 14.3. The lowest BCUT2D eigenvalue weighted by molar-refractivity contribution is -0.135. The number of amides is 3. The van der Waals surface area contributed by atoms with E-state index in [4.69, 9.17) is 9.72 Å². The minimum absolute atomic E-state index is 0.00197. The molecule has 2 N–H and O–H groups in total. The van der Waals surface area contributed by atoms with Gasteiger partial charge in [0.1, 0.15) is 17.4 Å². The molecule has 0 radical (unpaired) electrons. The number of nitrogens with zero attached hydrogens (tertiary/aromatic N) is 9. The quantitative estimate of drug-likeness (QED) is 0.146. The number of carbonyl (C=O) groups is 3. The molecule has 9 rings (SSSR count). The van der Waals surface area contributed by atoms with Crippen LogP contribution in [0.5, 0.6) is 0 Å². The number of fused-ring (bicyclic) bond motifs is 2. The van der Waals surface area contributed by atoms with Crippen LogP contribution in [0.15, 0.2) is 47.7 Å². The highest BCUT2D eigenvalue weighted by Gasteiger charge is 2.33. The molecule has 0 bridgehead atoms. The molecule has 3 aliphatic heterocycles. The van der Waals surface area contributed by atoms with Gasteiger partial charge in [-0.2, -0.15) is 10.2 Å². The number of aromatic nitrogens is 7. The first-order chi connectivity index (χ1) is 30.4. The summed E-state index contributed by atoms with van der Waals surface area (Å²) in [6.45, 7) is 8.46. The fraction of sp³-hybridized carbons (Fsp3) is 0.578. The number of hydrogen-bond donors (Lipinski definition) is 2. The smallest absolute Gasteiger partial charge is 0.329 e. The van der Waals surface area contributed by atoms with E-state index >= 15 is 0 Å². The van der Waals surface area contributed by atoms with Crippen LogP contribution in [0.4, 0.5) is 20.3 Å². The lowest BCUT2D eigenvalue weighted by atomic mass is 9.84. The molecule has 3 saturated heterocycles. The molecule has 1 aliphatic carbocycles. The van der Waals surface area contributed by atoms with Crippen molar-refractivity contribution in [1.29, 1.82) is 0 Å². The number of para-hydroxylation sites is 1. The van der Waals surface area contributed by atoms with Crippen LogP contribution in [-0.4, -0.2) is 101 Å². The number of likely N-dealkylation sites (tertiary alicyclic amines) is 1. The number of carbonyl (C=O) groups excluding carboxylic acids is 3. The Morgan fingerprint density at radius 2 is 1.75 bits per heavy atom. The van der Waals surface area contributed by atoms with Gasteiger partial charge in [0.15, 0.2) is 11.3 Å². The fourth-order valence-electron chi connectivity index (χ4n) is 10.5. The summed E-state index contributed by atoms with van der Waals surface area (Å²) in [5.41, 5.74) is 2.52. The van der Waals surface area contributed by atoms with E-state index in [2.05, 4.69) is 36.7 Å². The number of hydrogen-bond acceptors (Lipinski definition) is 10. The zero-order chi connectivity index (χ0) is 43.9. The van der Waals surface area contributed by atoms with Crippen molar-refractivity contribution in [1.82, 2.24) is 43.7 Å². The summed E-state index contributed by atoms with van der Waals surface area (Å²) in [6, 6.07) is 7.02. The third-order valence-corrected chi connectivity index (χ3v) is 13.7. The van der Waals surface area contributed by atoms with Crippen molar-refractivity contribution in [2.24, 2.45) is 18.9 Å². The zero-order valence-electron chi connectivity index (χ0n) is 36.2. The van der Waals surface area contributed by atoms with Gasteiger partial charge >= 0.3 is 5.69 Å². The molecular weight excluding hydrogens is 813 g/mol. The SMILES string of the molecule is C[C@@H]1CN(c2ccn3ncc(C(=O)Nc4cn(C5CCC(CN6CCC(CCCc7cccc8c7n(C)c(=O)n8C7CCC(=O)NC7=O)CC6)CC5)nc4C(F)F)c3n2)C[C@H](C)O1. The summed E-state index contributed by atoms with van der Waals surface area (Å²) in [4.78, 5) is 60.7. The van der Waals surface area contributed by atoms with Crippen LogP contribution in [-0.2, 0) is 27.8 Å². The van der Waals surface area contributed by atoms with E-state index in [0.29, 0.717) is 42.8 Å². The molecule has 63 heavy (non-hydrogen) atoms. The number of halogens is 2. The Labute approximate surface area is 363 Å². The van der Waals surface area contributed by atoms with Crippen molar-refractivity contribution in [3.05, 3.63) is 70.2 Å². The summed E-state index contributed by atoms with van der Waals surface area (Å²) in [5.74, 6) is 0.553. The number of imidazole rings is 1. The molecule has 3 atom stereocenters. The minimum Gasteiger partial charge on any atom is -0.372 e. The van der Waals surface area contributed by atoms with Gasteiger partial charge in [-0.05, 0) is 114 Å². The van der Waals surface area contributed by atoms with Crippen LogP contribution in [0.2, 0.25) is 0 Å². The predicted molar refractivity (Wildman–Crippen MR) is 232 cm³/mol. The molecule has 1 aromatic carbocycles. The number of anilines is 2.